The summed E-state index contributed by atoms with van der Waals surface area (Å²) in [4.78, 5) is 30.6. The van der Waals surface area contributed by atoms with Gasteiger partial charge >= 0.3 is 12.1 Å². The highest BCUT2D eigenvalue weighted by Crippen LogP contribution is 2.29. The smallest absolute Gasteiger partial charge is 0.377 e. The maximum Gasteiger partial charge on any atom is 0.471 e. The van der Waals surface area contributed by atoms with Crippen LogP contribution in [-0.4, -0.2) is 69.0 Å². The van der Waals surface area contributed by atoms with Gasteiger partial charge < -0.3 is 19.5 Å². The third kappa shape index (κ3) is 4.93. The molecule has 0 spiro atoms. The molecule has 1 aliphatic rings. The average molecular weight is 478 g/mol. The predicted octanol–water partition coefficient (Wildman–Crippen LogP) is 2.07. The molecule has 2 aromatic heterocycles. The van der Waals surface area contributed by atoms with Crippen molar-refractivity contribution in [1.29, 1.82) is 0 Å². The number of carbonyl (C=O) groups excluding carboxylic acids is 2. The van der Waals surface area contributed by atoms with E-state index in [4.69, 9.17) is 4.74 Å². The van der Waals surface area contributed by atoms with Gasteiger partial charge in [-0.05, 0) is 25.1 Å². The van der Waals surface area contributed by atoms with Gasteiger partial charge in [0, 0.05) is 31.3 Å². The van der Waals surface area contributed by atoms with E-state index >= 15 is 0 Å². The lowest BCUT2D eigenvalue weighted by atomic mass is 10.1. The van der Waals surface area contributed by atoms with Crippen LogP contribution in [0.1, 0.15) is 32.4 Å². The molecule has 0 aliphatic carbocycles. The lowest BCUT2D eigenvalue weighted by molar-refractivity contribution is -0.159. The summed E-state index contributed by atoms with van der Waals surface area (Å²) < 4.78 is 49.1. The summed E-state index contributed by atoms with van der Waals surface area (Å²) in [6.45, 7) is 2.99. The summed E-state index contributed by atoms with van der Waals surface area (Å²) in [5, 5.41) is 10.3. The van der Waals surface area contributed by atoms with Gasteiger partial charge in [-0.2, -0.15) is 23.3 Å². The number of alkyl halides is 3. The van der Waals surface area contributed by atoms with Gasteiger partial charge in [0.15, 0.2) is 0 Å². The van der Waals surface area contributed by atoms with Gasteiger partial charge in [0.05, 0.1) is 24.9 Å². The topological polar surface area (TPSA) is 115 Å². The molecule has 3 heterocycles. The molecule has 0 bridgehead atoms. The number of rotatable bonds is 5. The number of halogens is 3. The maximum absolute atomic E-state index is 13.0. The number of nitrogens with one attached hydrogen (secondary N) is 1. The van der Waals surface area contributed by atoms with Crippen molar-refractivity contribution in [1.82, 2.24) is 30.1 Å². The molecule has 3 aromatic rings. The molecule has 1 aromatic carbocycles. The van der Waals surface area contributed by atoms with Gasteiger partial charge in [0.2, 0.25) is 5.82 Å². The second-order valence-electron chi connectivity index (χ2n) is 7.73. The van der Waals surface area contributed by atoms with Gasteiger partial charge in [-0.1, -0.05) is 17.3 Å². The van der Waals surface area contributed by atoms with Crippen LogP contribution >= 0.6 is 0 Å². The molecule has 1 N–H and O–H groups in total. The van der Waals surface area contributed by atoms with E-state index in [0.29, 0.717) is 18.8 Å². The number of aromatic nitrogens is 4. The molecule has 1 saturated heterocycles. The van der Waals surface area contributed by atoms with Crippen LogP contribution in [0.2, 0.25) is 0 Å². The molecule has 1 atom stereocenters. The van der Waals surface area contributed by atoms with Crippen molar-refractivity contribution in [2.75, 3.05) is 26.3 Å². The Balaban J connectivity index is 1.40. The van der Waals surface area contributed by atoms with Crippen LogP contribution in [0.5, 0.6) is 0 Å². The Hall–Kier alpha value is -3.74. The third-order valence-corrected chi connectivity index (χ3v) is 5.28. The molecule has 13 heteroatoms. The summed E-state index contributed by atoms with van der Waals surface area (Å²) in [5.41, 5.74) is 1.71. The summed E-state index contributed by atoms with van der Waals surface area (Å²) >= 11 is 0. The number of morpholine rings is 1. The number of hydrogen-bond acceptors (Lipinski definition) is 7. The summed E-state index contributed by atoms with van der Waals surface area (Å²) in [6.07, 6.45) is -4.74. The fraction of sp³-hybridized carbons (Fsp3) is 0.381. The van der Waals surface area contributed by atoms with Gasteiger partial charge in [-0.25, -0.2) is 0 Å². The first kappa shape index (κ1) is 23.4. The number of amides is 2. The number of ether oxygens (including phenoxy) is 1. The number of nitrogens with zero attached hydrogens (tertiary/aromatic N) is 5. The van der Waals surface area contributed by atoms with Crippen molar-refractivity contribution in [2.24, 2.45) is 7.05 Å². The Kier molecular flexibility index (Phi) is 6.37. The zero-order chi connectivity index (χ0) is 24.5. The van der Waals surface area contributed by atoms with Crippen molar-refractivity contribution in [3.8, 4) is 11.4 Å². The van der Waals surface area contributed by atoms with Crippen LogP contribution in [0.4, 0.5) is 13.2 Å². The molecule has 0 saturated carbocycles. The van der Waals surface area contributed by atoms with Crippen molar-refractivity contribution in [2.45, 2.75) is 19.1 Å². The molecular weight excluding hydrogens is 457 g/mol. The van der Waals surface area contributed by atoms with Gasteiger partial charge in [-0.3, -0.25) is 14.3 Å². The minimum absolute atomic E-state index is 0.156. The summed E-state index contributed by atoms with van der Waals surface area (Å²) in [5.74, 6) is -2.30. The normalized spacial score (nSPS) is 16.5. The van der Waals surface area contributed by atoms with Crippen LogP contribution in [0, 0.1) is 6.92 Å². The molecule has 10 nitrogen and oxygen atoms in total. The second-order valence-corrected chi connectivity index (χ2v) is 7.73. The van der Waals surface area contributed by atoms with E-state index in [1.165, 1.54) is 28.9 Å². The zero-order valence-corrected chi connectivity index (χ0v) is 18.3. The largest absolute Gasteiger partial charge is 0.471 e. The SMILES string of the molecule is Cc1cc(C(=O)N2CCOC[C@@H]2CNC(=O)c2ccc(-c3noc(C(F)(F)F)n3)cc2)n(C)n1. The van der Waals surface area contributed by atoms with E-state index in [1.54, 1.807) is 24.9 Å². The summed E-state index contributed by atoms with van der Waals surface area (Å²) in [6, 6.07) is 7.05. The van der Waals surface area contributed by atoms with E-state index in [1.807, 2.05) is 0 Å². The monoisotopic (exact) mass is 478 g/mol. The van der Waals surface area contributed by atoms with E-state index in [-0.39, 0.29) is 42.1 Å². The molecule has 1 fully saturated rings. The predicted molar refractivity (Wildman–Crippen MR) is 111 cm³/mol. The zero-order valence-electron chi connectivity index (χ0n) is 18.3. The Morgan fingerprint density at radius 2 is 1.97 bits per heavy atom. The second kappa shape index (κ2) is 9.25. The molecule has 180 valence electrons. The molecule has 1 aliphatic heterocycles. The van der Waals surface area contributed by atoms with E-state index < -0.39 is 18.0 Å². The summed E-state index contributed by atoms with van der Waals surface area (Å²) in [7, 11) is 1.69. The van der Waals surface area contributed by atoms with E-state index in [2.05, 4.69) is 25.1 Å². The average Bonchev–Trinajstić information content (AvgIpc) is 3.44. The number of carbonyl (C=O) groups is 2. The Morgan fingerprint density at radius 1 is 1.24 bits per heavy atom. The lowest BCUT2D eigenvalue weighted by Crippen LogP contribution is -2.53. The molecule has 0 unspecified atom stereocenters. The van der Waals surface area contributed by atoms with Gasteiger partial charge in [0.25, 0.3) is 11.8 Å². The number of benzene rings is 1. The standard InChI is InChI=1S/C21H21F3N6O4/c1-12-9-16(29(2)27-12)19(32)30-7-8-33-11-15(30)10-25-18(31)14-5-3-13(4-6-14)17-26-20(34-28-17)21(22,23)24/h3-6,9,15H,7-8,10-11H2,1-2H3,(H,25,31)/t15-/m0/s1. The van der Waals surface area contributed by atoms with Crippen molar-refractivity contribution >= 4 is 11.8 Å². The quantitative estimate of drug-likeness (QED) is 0.597. The maximum atomic E-state index is 13.0. The van der Waals surface area contributed by atoms with E-state index in [0.717, 1.165) is 5.69 Å². The highest BCUT2D eigenvalue weighted by Gasteiger charge is 2.38. The van der Waals surface area contributed by atoms with Crippen LogP contribution in [-0.2, 0) is 18.0 Å². The fourth-order valence-corrected chi connectivity index (χ4v) is 3.59. The number of hydrogen-bond donors (Lipinski definition) is 1. The molecular formula is C21H21F3N6O4. The first-order chi connectivity index (χ1) is 16.1. The lowest BCUT2D eigenvalue weighted by Gasteiger charge is -2.35. The Morgan fingerprint density at radius 3 is 2.59 bits per heavy atom. The Labute approximate surface area is 191 Å². The fourth-order valence-electron chi connectivity index (χ4n) is 3.59. The van der Waals surface area contributed by atoms with Crippen LogP contribution in [0.25, 0.3) is 11.4 Å². The first-order valence-corrected chi connectivity index (χ1v) is 10.3. The third-order valence-electron chi connectivity index (χ3n) is 5.28. The van der Waals surface area contributed by atoms with Crippen LogP contribution in [0.3, 0.4) is 0 Å². The van der Waals surface area contributed by atoms with Gasteiger partial charge in [0.1, 0.15) is 5.69 Å². The molecule has 2 amide bonds. The number of aryl methyl sites for hydroxylation is 2. The first-order valence-electron chi connectivity index (χ1n) is 10.3. The molecule has 4 rings (SSSR count). The van der Waals surface area contributed by atoms with Crippen molar-refractivity contribution in [3.05, 3.63) is 53.2 Å². The van der Waals surface area contributed by atoms with Crippen molar-refractivity contribution < 1.29 is 32.0 Å². The highest BCUT2D eigenvalue weighted by atomic mass is 19.4. The Bertz CT molecular complexity index is 1190. The minimum atomic E-state index is -4.74. The minimum Gasteiger partial charge on any atom is -0.377 e. The molecule has 0 radical (unpaired) electrons. The van der Waals surface area contributed by atoms with E-state index in [9.17, 15) is 22.8 Å². The molecule has 34 heavy (non-hydrogen) atoms. The highest BCUT2D eigenvalue weighted by molar-refractivity contribution is 5.95. The van der Waals surface area contributed by atoms with Crippen molar-refractivity contribution in [3.63, 3.8) is 0 Å². The van der Waals surface area contributed by atoms with Crippen LogP contribution in [0.15, 0.2) is 34.9 Å². The van der Waals surface area contributed by atoms with Crippen LogP contribution < -0.4 is 5.32 Å². The van der Waals surface area contributed by atoms with Gasteiger partial charge in [-0.15, -0.1) is 0 Å².